The predicted molar refractivity (Wildman–Crippen MR) is 130 cm³/mol. The van der Waals surface area contributed by atoms with Gasteiger partial charge in [-0.15, -0.1) is 6.58 Å². The Morgan fingerprint density at radius 3 is 1.97 bits per heavy atom. The number of benzene rings is 2. The molecule has 10 nitrogen and oxygen atoms in total. The van der Waals surface area contributed by atoms with Crippen LogP contribution in [-0.4, -0.2) is 43.7 Å². The van der Waals surface area contributed by atoms with Crippen molar-refractivity contribution in [3.05, 3.63) is 84.0 Å². The number of rotatable bonds is 10. The van der Waals surface area contributed by atoms with E-state index in [9.17, 15) is 19.7 Å². The van der Waals surface area contributed by atoms with Crippen LogP contribution in [0.25, 0.3) is 0 Å². The van der Waals surface area contributed by atoms with Crippen molar-refractivity contribution in [3.63, 3.8) is 0 Å². The van der Waals surface area contributed by atoms with Gasteiger partial charge in [-0.25, -0.2) is 4.79 Å². The summed E-state index contributed by atoms with van der Waals surface area (Å²) in [5.41, 5.74) is 13.1. The Balaban J connectivity index is 0.000000653. The molecule has 4 N–H and O–H groups in total. The molecule has 0 radical (unpaired) electrons. The van der Waals surface area contributed by atoms with Crippen LogP contribution in [0.15, 0.2) is 73.8 Å². The lowest BCUT2D eigenvalue weighted by Gasteiger charge is -2.24. The lowest BCUT2D eigenvalue weighted by atomic mass is 10.2. The first-order valence-electron chi connectivity index (χ1n) is 9.80. The molecule has 0 saturated heterocycles. The first-order valence-corrected chi connectivity index (χ1v) is 9.80. The zero-order chi connectivity index (χ0) is 25.1. The van der Waals surface area contributed by atoms with E-state index in [4.69, 9.17) is 16.2 Å². The quantitative estimate of drug-likeness (QED) is 0.0798. The van der Waals surface area contributed by atoms with Crippen molar-refractivity contribution in [2.75, 3.05) is 42.7 Å². The van der Waals surface area contributed by atoms with E-state index in [-0.39, 0.29) is 18.9 Å². The fourth-order valence-electron chi connectivity index (χ4n) is 2.18. The summed E-state index contributed by atoms with van der Waals surface area (Å²) in [4.78, 5) is 32.7. The molecule has 0 bridgehead atoms. The molecular formula is C23H30N4O6. The Morgan fingerprint density at radius 1 is 1.03 bits per heavy atom. The fourth-order valence-corrected chi connectivity index (χ4v) is 2.18. The molecule has 0 fully saturated rings. The maximum Gasteiger partial charge on any atom is 0.330 e. The standard InChI is InChI=1S/C14H18N2O4.C6H6N2O2.C3H6/c1-2-14(18)20-10-8-16(7-9-19-11-17)13-5-3-12(15)4-6-13;7-5-1-3-6(4-2-5)8(9)10;1-3-2/h2-6,11H,1,7-10,15H2;1-4H,7H2;3H,1H2,2H3. The summed E-state index contributed by atoms with van der Waals surface area (Å²) in [5, 5.41) is 10.1. The largest absolute Gasteiger partial charge is 0.466 e. The second-order valence-electron chi connectivity index (χ2n) is 6.17. The molecule has 0 spiro atoms. The molecule has 10 heteroatoms. The normalized spacial score (nSPS) is 9.00. The topological polar surface area (TPSA) is 151 Å². The van der Waals surface area contributed by atoms with Gasteiger partial charge in [0.25, 0.3) is 12.2 Å². The van der Waals surface area contributed by atoms with Gasteiger partial charge in [0.15, 0.2) is 0 Å². The van der Waals surface area contributed by atoms with Gasteiger partial charge in [-0.1, -0.05) is 12.7 Å². The maximum atomic E-state index is 11.0. The molecule has 2 rings (SSSR count). The Kier molecular flexibility index (Phi) is 15.1. The lowest BCUT2D eigenvalue weighted by Crippen LogP contribution is -2.31. The van der Waals surface area contributed by atoms with Crippen LogP contribution < -0.4 is 16.4 Å². The number of nitro groups is 1. The minimum Gasteiger partial charge on any atom is -0.466 e. The highest BCUT2D eigenvalue weighted by Crippen LogP contribution is 2.16. The molecule has 0 aliphatic carbocycles. The Morgan fingerprint density at radius 2 is 1.52 bits per heavy atom. The number of esters is 1. The van der Waals surface area contributed by atoms with Crippen LogP contribution in [-0.2, 0) is 19.1 Å². The number of anilines is 3. The summed E-state index contributed by atoms with van der Waals surface area (Å²) in [7, 11) is 0. The molecular weight excluding hydrogens is 428 g/mol. The zero-order valence-corrected chi connectivity index (χ0v) is 18.6. The van der Waals surface area contributed by atoms with Gasteiger partial charge in [-0.3, -0.25) is 14.9 Å². The molecule has 178 valence electrons. The molecule has 33 heavy (non-hydrogen) atoms. The van der Waals surface area contributed by atoms with Crippen molar-refractivity contribution in [2.24, 2.45) is 0 Å². The van der Waals surface area contributed by atoms with Crippen molar-refractivity contribution in [3.8, 4) is 0 Å². The number of carbonyl (C=O) groups is 2. The van der Waals surface area contributed by atoms with Crippen molar-refractivity contribution < 1.29 is 24.0 Å². The summed E-state index contributed by atoms with van der Waals surface area (Å²) in [6, 6.07) is 13.0. The second kappa shape index (κ2) is 17.4. The molecule has 0 amide bonds. The van der Waals surface area contributed by atoms with E-state index in [2.05, 4.69) is 17.9 Å². The lowest BCUT2D eigenvalue weighted by molar-refractivity contribution is -0.384. The molecule has 0 aromatic heterocycles. The van der Waals surface area contributed by atoms with Gasteiger partial charge in [0, 0.05) is 35.3 Å². The third-order valence-electron chi connectivity index (χ3n) is 3.68. The molecule has 0 heterocycles. The van der Waals surface area contributed by atoms with E-state index < -0.39 is 10.9 Å². The number of hydrogen-bond donors (Lipinski definition) is 2. The van der Waals surface area contributed by atoms with E-state index in [0.717, 1.165) is 11.8 Å². The highest BCUT2D eigenvalue weighted by atomic mass is 16.6. The van der Waals surface area contributed by atoms with Crippen LogP contribution in [0.4, 0.5) is 22.7 Å². The first-order chi connectivity index (χ1) is 15.8. The number of ether oxygens (including phenoxy) is 2. The average Bonchev–Trinajstić information content (AvgIpc) is 2.80. The summed E-state index contributed by atoms with van der Waals surface area (Å²) >= 11 is 0. The summed E-state index contributed by atoms with van der Waals surface area (Å²) in [5.74, 6) is -0.466. The number of carbonyl (C=O) groups excluding carboxylic acids is 2. The Labute approximate surface area is 193 Å². The summed E-state index contributed by atoms with van der Waals surface area (Å²) < 4.78 is 9.63. The van der Waals surface area contributed by atoms with Gasteiger partial charge >= 0.3 is 5.97 Å². The molecule has 2 aromatic rings. The number of hydrogen-bond acceptors (Lipinski definition) is 9. The third kappa shape index (κ3) is 13.6. The SMILES string of the molecule is C=CC.C=CC(=O)OCCN(CCOC=O)c1ccc(N)cc1.Nc1ccc([N+](=O)[O-])cc1. The minimum atomic E-state index is -0.466. The van der Waals surface area contributed by atoms with Gasteiger partial charge < -0.3 is 25.8 Å². The van der Waals surface area contributed by atoms with Gasteiger partial charge in [0.05, 0.1) is 18.0 Å². The van der Waals surface area contributed by atoms with Crippen LogP contribution in [0.3, 0.4) is 0 Å². The second-order valence-corrected chi connectivity index (χ2v) is 6.17. The predicted octanol–water partition coefficient (Wildman–Crippen LogP) is 3.35. The highest BCUT2D eigenvalue weighted by Gasteiger charge is 2.07. The Hall–Kier alpha value is -4.34. The fraction of sp³-hybridized carbons (Fsp3) is 0.217. The van der Waals surface area contributed by atoms with E-state index >= 15 is 0 Å². The van der Waals surface area contributed by atoms with E-state index in [1.165, 1.54) is 24.3 Å². The van der Waals surface area contributed by atoms with Crippen LogP contribution in [0.2, 0.25) is 0 Å². The van der Waals surface area contributed by atoms with Crippen LogP contribution in [0.1, 0.15) is 6.92 Å². The average molecular weight is 459 g/mol. The van der Waals surface area contributed by atoms with Crippen molar-refractivity contribution in [1.82, 2.24) is 0 Å². The molecule has 0 unspecified atom stereocenters. The van der Waals surface area contributed by atoms with E-state index in [0.29, 0.717) is 30.9 Å². The summed E-state index contributed by atoms with van der Waals surface area (Å²) in [6.45, 7) is 10.4. The molecule has 0 aliphatic heterocycles. The zero-order valence-electron chi connectivity index (χ0n) is 18.6. The van der Waals surface area contributed by atoms with E-state index in [1.807, 2.05) is 24.0 Å². The number of nitrogens with two attached hydrogens (primary N) is 2. The maximum absolute atomic E-state index is 11.0. The van der Waals surface area contributed by atoms with Crippen molar-refractivity contribution in [1.29, 1.82) is 0 Å². The summed E-state index contributed by atoms with van der Waals surface area (Å²) in [6.07, 6.45) is 2.86. The molecule has 0 atom stereocenters. The smallest absolute Gasteiger partial charge is 0.330 e. The molecule has 2 aromatic carbocycles. The van der Waals surface area contributed by atoms with Crippen LogP contribution >= 0.6 is 0 Å². The molecule has 0 saturated carbocycles. The van der Waals surface area contributed by atoms with Gasteiger partial charge in [0.2, 0.25) is 0 Å². The number of allylic oxidation sites excluding steroid dienone is 1. The van der Waals surface area contributed by atoms with Gasteiger partial charge in [0.1, 0.15) is 13.2 Å². The van der Waals surface area contributed by atoms with Crippen molar-refractivity contribution >= 4 is 35.2 Å². The van der Waals surface area contributed by atoms with Gasteiger partial charge in [-0.2, -0.15) is 0 Å². The number of non-ortho nitro benzene ring substituents is 1. The van der Waals surface area contributed by atoms with Crippen LogP contribution in [0.5, 0.6) is 0 Å². The monoisotopic (exact) mass is 458 g/mol. The van der Waals surface area contributed by atoms with Crippen LogP contribution in [0, 0.1) is 10.1 Å². The number of nitrogen functional groups attached to an aromatic ring is 2. The third-order valence-corrected chi connectivity index (χ3v) is 3.68. The highest BCUT2D eigenvalue weighted by molar-refractivity contribution is 5.81. The number of nitrogens with zero attached hydrogens (tertiary/aromatic N) is 2. The minimum absolute atomic E-state index is 0.0641. The first kappa shape index (κ1) is 28.7. The number of nitro benzene ring substituents is 1. The molecule has 0 aliphatic rings. The Bertz CT molecular complexity index is 870. The van der Waals surface area contributed by atoms with Gasteiger partial charge in [-0.05, 0) is 43.3 Å². The van der Waals surface area contributed by atoms with Crippen molar-refractivity contribution in [2.45, 2.75) is 6.92 Å². The van der Waals surface area contributed by atoms with E-state index in [1.54, 1.807) is 18.2 Å².